The van der Waals surface area contributed by atoms with Crippen molar-refractivity contribution in [3.8, 4) is 0 Å². The molecule has 1 saturated carbocycles. The fourth-order valence-electron chi connectivity index (χ4n) is 2.30. The molecule has 0 atom stereocenters. The van der Waals surface area contributed by atoms with Crippen LogP contribution in [0.2, 0.25) is 0 Å². The average molecular weight is 216 g/mol. The third kappa shape index (κ3) is 1.66. The second-order valence-corrected chi connectivity index (χ2v) is 4.70. The summed E-state index contributed by atoms with van der Waals surface area (Å²) in [5.74, 6) is 0. The van der Waals surface area contributed by atoms with Crippen LogP contribution in [0, 0.1) is 0 Å². The molecule has 2 amide bonds. The highest BCUT2D eigenvalue weighted by Crippen LogP contribution is 2.23. The maximum Gasteiger partial charge on any atom is 0.318 e. The lowest BCUT2D eigenvalue weighted by Gasteiger charge is -2.28. The van der Waals surface area contributed by atoms with Crippen LogP contribution in [-0.4, -0.2) is 17.0 Å². The Morgan fingerprint density at radius 3 is 2.31 bits per heavy atom. The van der Waals surface area contributed by atoms with Crippen LogP contribution in [0.15, 0.2) is 24.3 Å². The average Bonchev–Trinajstić information content (AvgIpc) is 2.66. The monoisotopic (exact) mass is 216 g/mol. The summed E-state index contributed by atoms with van der Waals surface area (Å²) < 4.78 is 0. The molecule has 84 valence electrons. The molecule has 3 rings (SSSR count). The van der Waals surface area contributed by atoms with Crippen molar-refractivity contribution in [1.29, 1.82) is 0 Å². The predicted octanol–water partition coefficient (Wildman–Crippen LogP) is 2.26. The summed E-state index contributed by atoms with van der Waals surface area (Å²) >= 11 is 0. The van der Waals surface area contributed by atoms with E-state index in [4.69, 9.17) is 0 Å². The smallest absolute Gasteiger partial charge is 0.318 e. The molecule has 0 bridgehead atoms. The first-order valence-electron chi connectivity index (χ1n) is 5.95. The van der Waals surface area contributed by atoms with E-state index >= 15 is 0 Å². The molecular weight excluding hydrogens is 200 g/mol. The number of fused-ring (bicyclic) bond motifs is 1. The molecule has 0 unspecified atom stereocenters. The Morgan fingerprint density at radius 1 is 1.19 bits per heavy atom. The van der Waals surface area contributed by atoms with Gasteiger partial charge in [0, 0.05) is 19.1 Å². The van der Waals surface area contributed by atoms with Gasteiger partial charge in [-0.15, -0.1) is 0 Å². The zero-order valence-electron chi connectivity index (χ0n) is 9.28. The summed E-state index contributed by atoms with van der Waals surface area (Å²) in [4.78, 5) is 13.8. The van der Waals surface area contributed by atoms with Crippen molar-refractivity contribution in [3.63, 3.8) is 0 Å². The first kappa shape index (κ1) is 9.70. The Kier molecular flexibility index (Phi) is 2.31. The van der Waals surface area contributed by atoms with Gasteiger partial charge in [-0.2, -0.15) is 0 Å². The van der Waals surface area contributed by atoms with Crippen LogP contribution < -0.4 is 5.32 Å². The highest BCUT2D eigenvalue weighted by molar-refractivity contribution is 5.75. The maximum absolute atomic E-state index is 11.9. The van der Waals surface area contributed by atoms with E-state index in [2.05, 4.69) is 17.4 Å². The number of hydrogen-bond acceptors (Lipinski definition) is 1. The quantitative estimate of drug-likeness (QED) is 0.767. The topological polar surface area (TPSA) is 32.3 Å². The van der Waals surface area contributed by atoms with Gasteiger partial charge in [0.2, 0.25) is 0 Å². The lowest BCUT2D eigenvalue weighted by molar-refractivity contribution is 0.186. The van der Waals surface area contributed by atoms with Gasteiger partial charge in [0.15, 0.2) is 0 Å². The number of hydrogen-bond donors (Lipinski definition) is 1. The fraction of sp³-hybridized carbons (Fsp3) is 0.462. The Balaban J connectivity index is 1.64. The molecule has 0 spiro atoms. The van der Waals surface area contributed by atoms with Gasteiger partial charge in [0.25, 0.3) is 0 Å². The van der Waals surface area contributed by atoms with Gasteiger partial charge in [-0.1, -0.05) is 24.3 Å². The molecule has 0 radical (unpaired) electrons. The molecule has 0 aromatic heterocycles. The summed E-state index contributed by atoms with van der Waals surface area (Å²) in [5.41, 5.74) is 2.57. The van der Waals surface area contributed by atoms with Crippen molar-refractivity contribution in [2.45, 2.75) is 38.4 Å². The van der Waals surface area contributed by atoms with E-state index in [9.17, 15) is 4.79 Å². The first-order chi connectivity index (χ1) is 7.83. The van der Waals surface area contributed by atoms with Gasteiger partial charge in [-0.25, -0.2) is 4.79 Å². The number of benzene rings is 1. The van der Waals surface area contributed by atoms with E-state index in [-0.39, 0.29) is 6.03 Å². The number of rotatable bonds is 1. The molecule has 1 fully saturated rings. The molecule has 1 heterocycles. The second-order valence-electron chi connectivity index (χ2n) is 4.70. The van der Waals surface area contributed by atoms with E-state index < -0.39 is 0 Å². The summed E-state index contributed by atoms with van der Waals surface area (Å²) in [7, 11) is 0. The lowest BCUT2D eigenvalue weighted by atomic mass is 9.93. The molecule has 1 aliphatic carbocycles. The van der Waals surface area contributed by atoms with Gasteiger partial charge < -0.3 is 10.2 Å². The minimum atomic E-state index is 0.0981. The molecule has 16 heavy (non-hydrogen) atoms. The van der Waals surface area contributed by atoms with Gasteiger partial charge in [0.1, 0.15) is 0 Å². The molecule has 1 aromatic carbocycles. The minimum Gasteiger partial charge on any atom is -0.335 e. The molecule has 3 nitrogen and oxygen atoms in total. The van der Waals surface area contributed by atoms with Crippen molar-refractivity contribution >= 4 is 6.03 Å². The van der Waals surface area contributed by atoms with Crippen LogP contribution in [0.4, 0.5) is 4.79 Å². The van der Waals surface area contributed by atoms with Crippen LogP contribution in [0.5, 0.6) is 0 Å². The van der Waals surface area contributed by atoms with Crippen LogP contribution in [0.3, 0.4) is 0 Å². The fourth-order valence-corrected chi connectivity index (χ4v) is 2.30. The Bertz CT molecular complexity index is 387. The molecule has 1 aliphatic heterocycles. The number of amides is 2. The van der Waals surface area contributed by atoms with Crippen molar-refractivity contribution in [3.05, 3.63) is 35.4 Å². The molecule has 2 aliphatic rings. The van der Waals surface area contributed by atoms with Gasteiger partial charge >= 0.3 is 6.03 Å². The van der Waals surface area contributed by atoms with Crippen LogP contribution in [-0.2, 0) is 13.1 Å². The SMILES string of the molecule is O=C(NC1CCC1)N1Cc2ccccc2C1. The Hall–Kier alpha value is -1.51. The summed E-state index contributed by atoms with van der Waals surface area (Å²) in [6, 6.07) is 8.80. The van der Waals surface area contributed by atoms with Gasteiger partial charge in [-0.05, 0) is 30.4 Å². The van der Waals surface area contributed by atoms with E-state index in [1.54, 1.807) is 0 Å². The van der Waals surface area contributed by atoms with Crippen molar-refractivity contribution in [2.24, 2.45) is 0 Å². The number of urea groups is 1. The highest BCUT2D eigenvalue weighted by atomic mass is 16.2. The largest absolute Gasteiger partial charge is 0.335 e. The first-order valence-corrected chi connectivity index (χ1v) is 5.95. The number of carbonyl (C=O) groups is 1. The van der Waals surface area contributed by atoms with E-state index in [0.29, 0.717) is 6.04 Å². The Morgan fingerprint density at radius 2 is 1.81 bits per heavy atom. The summed E-state index contributed by atoms with van der Waals surface area (Å²) in [5, 5.41) is 3.08. The Labute approximate surface area is 95.4 Å². The van der Waals surface area contributed by atoms with Crippen molar-refractivity contribution < 1.29 is 4.79 Å². The second kappa shape index (κ2) is 3.81. The minimum absolute atomic E-state index is 0.0981. The van der Waals surface area contributed by atoms with E-state index in [1.165, 1.54) is 17.5 Å². The third-order valence-electron chi connectivity index (χ3n) is 3.56. The highest BCUT2D eigenvalue weighted by Gasteiger charge is 2.26. The van der Waals surface area contributed by atoms with Gasteiger partial charge in [-0.3, -0.25) is 0 Å². The molecule has 1 aromatic rings. The van der Waals surface area contributed by atoms with Crippen molar-refractivity contribution in [1.82, 2.24) is 10.2 Å². The zero-order valence-corrected chi connectivity index (χ0v) is 9.28. The number of nitrogens with zero attached hydrogens (tertiary/aromatic N) is 1. The third-order valence-corrected chi connectivity index (χ3v) is 3.56. The van der Waals surface area contributed by atoms with Crippen LogP contribution in [0.1, 0.15) is 30.4 Å². The summed E-state index contributed by atoms with van der Waals surface area (Å²) in [6.45, 7) is 1.52. The van der Waals surface area contributed by atoms with Crippen molar-refractivity contribution in [2.75, 3.05) is 0 Å². The van der Waals surface area contributed by atoms with E-state index in [1.807, 2.05) is 17.0 Å². The number of nitrogens with one attached hydrogen (secondary N) is 1. The molecular formula is C13H16N2O. The van der Waals surface area contributed by atoms with Crippen LogP contribution >= 0.6 is 0 Å². The summed E-state index contributed by atoms with van der Waals surface area (Å²) in [6.07, 6.45) is 3.55. The normalized spacial score (nSPS) is 19.1. The maximum atomic E-state index is 11.9. The standard InChI is InChI=1S/C13H16N2O/c16-13(14-12-6-3-7-12)15-8-10-4-1-2-5-11(10)9-15/h1-2,4-5,12H,3,6-9H2,(H,14,16). The zero-order chi connectivity index (χ0) is 11.0. The predicted molar refractivity (Wildman–Crippen MR) is 61.9 cm³/mol. The molecule has 1 N–H and O–H groups in total. The lowest BCUT2D eigenvalue weighted by Crippen LogP contribution is -2.45. The van der Waals surface area contributed by atoms with Gasteiger partial charge in [0.05, 0.1) is 0 Å². The molecule has 3 heteroatoms. The van der Waals surface area contributed by atoms with E-state index in [0.717, 1.165) is 25.9 Å². The van der Waals surface area contributed by atoms with Crippen LogP contribution in [0.25, 0.3) is 0 Å². The molecule has 0 saturated heterocycles. The number of carbonyl (C=O) groups excluding carboxylic acids is 1.